The Bertz CT molecular complexity index is 2760. The minimum absolute atomic E-state index is 0.0230. The van der Waals surface area contributed by atoms with Crippen molar-refractivity contribution in [1.82, 2.24) is 50.2 Å². The molecule has 16 heteroatoms. The molecule has 0 spiro atoms. The molecular weight excluding hydrogens is 819 g/mol. The standard InChI is InChI=1S/C46H53N11O3S2/c1-28(56-22-19-43(53-56)61-45-48-40(50-51-45)26-38-34-11-5-8-30(34)16-17-37(38)33-18-21-47-42(25-33)60-4)14-15-29(2)57-23-20-44(54-57)62(58,59)46-49-41(52-55(46)3)27-39-35-12-6-9-31(35)24-32-10-7-13-36(32)39/h16-25,28-29,46H,5-15,26-27H2,1-4H3,(H,49,52)(H,48,50,51). The van der Waals surface area contributed by atoms with E-state index in [9.17, 15) is 8.42 Å². The fourth-order valence-corrected chi connectivity index (χ4v) is 12.1. The maximum Gasteiger partial charge on any atom is 0.235 e. The molecule has 10 rings (SSSR count). The van der Waals surface area contributed by atoms with Crippen LogP contribution in [-0.2, 0) is 61.2 Å². The number of hydrogen-bond acceptors (Lipinski definition) is 12. The van der Waals surface area contributed by atoms with Gasteiger partial charge in [-0.15, -0.1) is 5.10 Å². The third kappa shape index (κ3) is 7.85. The molecule has 0 radical (unpaired) electrons. The molecule has 2 aromatic carbocycles. The number of pyridine rings is 1. The van der Waals surface area contributed by atoms with Crippen molar-refractivity contribution < 1.29 is 13.2 Å². The highest BCUT2D eigenvalue weighted by Crippen LogP contribution is 2.38. The molecule has 4 aliphatic rings. The highest BCUT2D eigenvalue weighted by atomic mass is 32.2. The number of aromatic amines is 1. The van der Waals surface area contributed by atoms with Crippen molar-refractivity contribution in [3.63, 3.8) is 0 Å². The van der Waals surface area contributed by atoms with Crippen LogP contribution in [0.5, 0.6) is 5.88 Å². The normalized spacial score (nSPS) is 18.1. The van der Waals surface area contributed by atoms with Crippen molar-refractivity contribution in [1.29, 1.82) is 0 Å². The zero-order chi connectivity index (χ0) is 42.5. The highest BCUT2D eigenvalue weighted by Gasteiger charge is 2.38. The van der Waals surface area contributed by atoms with Gasteiger partial charge in [-0.3, -0.25) is 14.5 Å². The number of hydrogen-bond donors (Lipinski definition) is 2. The Morgan fingerprint density at radius 1 is 0.823 bits per heavy atom. The summed E-state index contributed by atoms with van der Waals surface area (Å²) in [5.41, 5.74) is 15.8. The summed E-state index contributed by atoms with van der Waals surface area (Å²) in [5.74, 6) is 2.10. The molecule has 3 aliphatic carbocycles. The lowest BCUT2D eigenvalue weighted by Gasteiger charge is -2.18. The van der Waals surface area contributed by atoms with Gasteiger partial charge in [-0.05, 0) is 170 Å². The zero-order valence-corrected chi connectivity index (χ0v) is 37.4. The molecule has 0 amide bonds. The summed E-state index contributed by atoms with van der Waals surface area (Å²) in [6, 6.07) is 14.6. The largest absolute Gasteiger partial charge is 0.481 e. The van der Waals surface area contributed by atoms with Gasteiger partial charge in [-0.25, -0.2) is 23.4 Å². The minimum Gasteiger partial charge on any atom is -0.481 e. The summed E-state index contributed by atoms with van der Waals surface area (Å²) < 4.78 is 37.1. The summed E-state index contributed by atoms with van der Waals surface area (Å²) in [6.45, 7) is 4.21. The van der Waals surface area contributed by atoms with Crippen LogP contribution < -0.4 is 10.2 Å². The van der Waals surface area contributed by atoms with Crippen molar-refractivity contribution in [2.45, 2.75) is 130 Å². The minimum atomic E-state index is -3.87. The smallest absolute Gasteiger partial charge is 0.235 e. The maximum atomic E-state index is 14.0. The first-order valence-corrected chi connectivity index (χ1v) is 24.3. The predicted molar refractivity (Wildman–Crippen MR) is 238 cm³/mol. The molecule has 3 unspecified atom stereocenters. The van der Waals surface area contributed by atoms with Gasteiger partial charge in [-0.2, -0.15) is 15.2 Å². The third-order valence-corrected chi connectivity index (χ3v) is 15.8. The van der Waals surface area contributed by atoms with E-state index in [4.69, 9.17) is 19.8 Å². The lowest BCUT2D eigenvalue weighted by atomic mass is 9.91. The molecule has 62 heavy (non-hydrogen) atoms. The van der Waals surface area contributed by atoms with Crippen LogP contribution in [0.15, 0.2) is 81.3 Å². The molecule has 2 N–H and O–H groups in total. The van der Waals surface area contributed by atoms with Crippen LogP contribution in [0.4, 0.5) is 0 Å². The highest BCUT2D eigenvalue weighted by molar-refractivity contribution is 7.99. The molecule has 4 aromatic heterocycles. The molecule has 0 fully saturated rings. The number of nitrogens with zero attached hydrogens (tertiary/aromatic N) is 9. The van der Waals surface area contributed by atoms with Crippen LogP contribution in [-0.4, -0.2) is 78.6 Å². The molecule has 322 valence electrons. The number of H-pyrrole nitrogens is 1. The van der Waals surface area contributed by atoms with E-state index >= 15 is 0 Å². The maximum absolute atomic E-state index is 14.0. The summed E-state index contributed by atoms with van der Waals surface area (Å²) in [7, 11) is -0.485. The van der Waals surface area contributed by atoms with Gasteiger partial charge in [0.25, 0.3) is 0 Å². The Hall–Kier alpha value is -5.32. The number of aromatic nitrogens is 8. The average Bonchev–Trinajstić information content (AvgIpc) is 4.13. The van der Waals surface area contributed by atoms with Gasteiger partial charge >= 0.3 is 0 Å². The third-order valence-electron chi connectivity index (χ3n) is 13.2. The van der Waals surface area contributed by atoms with Gasteiger partial charge in [0.05, 0.1) is 7.11 Å². The Labute approximate surface area is 366 Å². The number of nitrogens with one attached hydrogen (secondary N) is 2. The van der Waals surface area contributed by atoms with Crippen molar-refractivity contribution in [3.05, 3.63) is 111 Å². The quantitative estimate of drug-likeness (QED) is 0.107. The van der Waals surface area contributed by atoms with Gasteiger partial charge in [0.15, 0.2) is 5.03 Å². The van der Waals surface area contributed by atoms with E-state index < -0.39 is 15.3 Å². The second kappa shape index (κ2) is 16.8. The number of aliphatic imine (C=N–C) groups is 1. The molecular formula is C46H53N11O3S2. The van der Waals surface area contributed by atoms with Gasteiger partial charge < -0.3 is 10.2 Å². The second-order valence-electron chi connectivity index (χ2n) is 17.2. The number of aryl methyl sites for hydroxylation is 3. The number of benzene rings is 2. The molecule has 14 nitrogen and oxygen atoms in total. The monoisotopic (exact) mass is 871 g/mol. The summed E-state index contributed by atoms with van der Waals surface area (Å²) in [6.07, 6.45) is 18.5. The number of sulfone groups is 1. The molecule has 6 aromatic rings. The van der Waals surface area contributed by atoms with Crippen LogP contribution in [0, 0.1) is 0 Å². The Kier molecular flexibility index (Phi) is 11.0. The van der Waals surface area contributed by atoms with E-state index in [0.29, 0.717) is 29.7 Å². The van der Waals surface area contributed by atoms with Crippen molar-refractivity contribution >= 4 is 27.4 Å². The van der Waals surface area contributed by atoms with Crippen LogP contribution in [0.2, 0.25) is 0 Å². The van der Waals surface area contributed by atoms with Crippen LogP contribution in [0.1, 0.15) is 108 Å². The Balaban J connectivity index is 0.756. The lowest BCUT2D eigenvalue weighted by Crippen LogP contribution is -2.41. The first-order valence-electron chi connectivity index (χ1n) is 21.9. The fourth-order valence-electron chi connectivity index (χ4n) is 9.95. The van der Waals surface area contributed by atoms with E-state index in [1.54, 1.807) is 42.3 Å². The summed E-state index contributed by atoms with van der Waals surface area (Å²) in [5, 5.41) is 20.3. The second-order valence-corrected chi connectivity index (χ2v) is 20.2. The number of hydrazine groups is 1. The van der Waals surface area contributed by atoms with Crippen molar-refractivity contribution in [2.24, 2.45) is 4.99 Å². The molecule has 0 bridgehead atoms. The van der Waals surface area contributed by atoms with Gasteiger partial charge in [-0.1, -0.05) is 18.2 Å². The molecule has 0 saturated carbocycles. The van der Waals surface area contributed by atoms with Gasteiger partial charge in [0, 0.05) is 56.6 Å². The Morgan fingerprint density at radius 3 is 2.26 bits per heavy atom. The van der Waals surface area contributed by atoms with E-state index in [0.717, 1.165) is 74.2 Å². The predicted octanol–water partition coefficient (Wildman–Crippen LogP) is 7.23. The first kappa shape index (κ1) is 40.7. The molecule has 3 atom stereocenters. The van der Waals surface area contributed by atoms with Crippen molar-refractivity contribution in [2.75, 3.05) is 14.2 Å². The molecule has 1 aliphatic heterocycles. The average molecular weight is 872 g/mol. The summed E-state index contributed by atoms with van der Waals surface area (Å²) in [4.78, 5) is 13.9. The fraction of sp³-hybridized carbons (Fsp3) is 0.435. The number of amidine groups is 1. The number of methoxy groups -OCH3 is 1. The van der Waals surface area contributed by atoms with Gasteiger partial charge in [0.1, 0.15) is 16.7 Å². The van der Waals surface area contributed by atoms with Crippen molar-refractivity contribution in [3.8, 4) is 17.0 Å². The van der Waals surface area contributed by atoms with Crippen LogP contribution in [0.3, 0.4) is 0 Å². The molecule has 5 heterocycles. The van der Waals surface area contributed by atoms with E-state index in [2.05, 4.69) is 57.8 Å². The van der Waals surface area contributed by atoms with Crippen LogP contribution >= 0.6 is 11.8 Å². The zero-order valence-electron chi connectivity index (χ0n) is 35.8. The SMILES string of the molecule is COc1cc(-c2ccc3c(c2Cc2nc(Sc4ccn(C(C)CCC(C)n5ccc(S(=O)(=O)C6N=C(Cc7c8c(cc9c7CCC9)CCC8)NN6C)n5)n4)n[nH]2)CCC3)ccn1. The van der Waals surface area contributed by atoms with E-state index in [1.165, 1.54) is 74.7 Å². The first-order chi connectivity index (χ1) is 30.1. The number of fused-ring (bicyclic) bond motifs is 3. The lowest BCUT2D eigenvalue weighted by molar-refractivity contribution is 0.293. The molecule has 0 saturated heterocycles. The Morgan fingerprint density at radius 2 is 1.52 bits per heavy atom. The van der Waals surface area contributed by atoms with Crippen LogP contribution in [0.25, 0.3) is 11.1 Å². The topological polar surface area (TPSA) is 161 Å². The van der Waals surface area contributed by atoms with E-state index in [-0.39, 0.29) is 17.1 Å². The van der Waals surface area contributed by atoms with Gasteiger partial charge in [0.2, 0.25) is 26.4 Å². The van der Waals surface area contributed by atoms with E-state index in [1.807, 2.05) is 29.1 Å². The number of rotatable bonds is 15. The number of ether oxygens (including phenoxy) is 1. The summed E-state index contributed by atoms with van der Waals surface area (Å²) >= 11 is 1.44.